The summed E-state index contributed by atoms with van der Waals surface area (Å²) < 4.78 is 30.5. The van der Waals surface area contributed by atoms with Crippen LogP contribution < -0.4 is 10.0 Å². The lowest BCUT2D eigenvalue weighted by molar-refractivity contribution is -0.116. The zero-order valence-electron chi connectivity index (χ0n) is 14.7. The van der Waals surface area contributed by atoms with E-state index in [0.717, 1.165) is 6.26 Å². The van der Waals surface area contributed by atoms with Crippen molar-refractivity contribution >= 4 is 39.2 Å². The van der Waals surface area contributed by atoms with Gasteiger partial charge >= 0.3 is 5.97 Å². The largest absolute Gasteiger partial charge is 0.465 e. The molecule has 1 atom stereocenters. The van der Waals surface area contributed by atoms with Crippen LogP contribution in [0.5, 0.6) is 0 Å². The van der Waals surface area contributed by atoms with Crippen molar-refractivity contribution in [2.45, 2.75) is 12.5 Å². The van der Waals surface area contributed by atoms with Gasteiger partial charge in [-0.25, -0.2) is 17.9 Å². The van der Waals surface area contributed by atoms with E-state index >= 15 is 0 Å². The van der Waals surface area contributed by atoms with Crippen molar-refractivity contribution in [3.63, 3.8) is 0 Å². The number of anilines is 1. The van der Waals surface area contributed by atoms with Gasteiger partial charge in [0, 0.05) is 11.4 Å². The van der Waals surface area contributed by atoms with Gasteiger partial charge in [0.15, 0.2) is 0 Å². The van der Waals surface area contributed by atoms with Crippen LogP contribution in [-0.2, 0) is 19.6 Å². The number of benzene rings is 2. The maximum Gasteiger partial charge on any atom is 0.339 e. The van der Waals surface area contributed by atoms with Crippen LogP contribution in [0, 0.1) is 0 Å². The minimum atomic E-state index is -3.56. The molecule has 0 aliphatic heterocycles. The van der Waals surface area contributed by atoms with E-state index in [4.69, 9.17) is 16.3 Å². The van der Waals surface area contributed by atoms with Crippen LogP contribution in [0.4, 0.5) is 5.69 Å². The second-order valence-corrected chi connectivity index (χ2v) is 8.00. The first-order valence-electron chi connectivity index (χ1n) is 7.89. The normalized spacial score (nSPS) is 12.3. The lowest BCUT2D eigenvalue weighted by Gasteiger charge is -2.18. The summed E-state index contributed by atoms with van der Waals surface area (Å²) in [5, 5.41) is 3.12. The molecule has 2 aromatic rings. The number of halogens is 1. The van der Waals surface area contributed by atoms with E-state index in [2.05, 4.69) is 10.0 Å². The van der Waals surface area contributed by atoms with Gasteiger partial charge in [0.05, 0.1) is 30.7 Å². The molecule has 0 aliphatic carbocycles. The van der Waals surface area contributed by atoms with Crippen molar-refractivity contribution in [2.75, 3.05) is 18.7 Å². The molecule has 0 bridgehead atoms. The van der Waals surface area contributed by atoms with Crippen molar-refractivity contribution < 1.29 is 22.7 Å². The second-order valence-electron chi connectivity index (χ2n) is 5.78. The van der Waals surface area contributed by atoms with Gasteiger partial charge in [0.1, 0.15) is 0 Å². The van der Waals surface area contributed by atoms with E-state index in [0.29, 0.717) is 10.6 Å². The van der Waals surface area contributed by atoms with E-state index in [1.54, 1.807) is 42.5 Å². The number of para-hydroxylation sites is 1. The molecular formula is C18H19ClN2O5S. The second kappa shape index (κ2) is 8.98. The number of sulfonamides is 1. The number of methoxy groups -OCH3 is 1. The number of hydrogen-bond acceptors (Lipinski definition) is 5. The molecule has 7 nitrogen and oxygen atoms in total. The Kier molecular flexibility index (Phi) is 6.95. The Labute approximate surface area is 162 Å². The number of amides is 1. The van der Waals surface area contributed by atoms with Crippen LogP contribution in [0.15, 0.2) is 48.5 Å². The molecule has 0 radical (unpaired) electrons. The Morgan fingerprint density at radius 1 is 1.11 bits per heavy atom. The smallest absolute Gasteiger partial charge is 0.339 e. The number of rotatable bonds is 7. The van der Waals surface area contributed by atoms with E-state index < -0.39 is 27.9 Å². The summed E-state index contributed by atoms with van der Waals surface area (Å²) in [6.07, 6.45) is 0.838. The number of ether oxygens (including phenoxy) is 1. The molecule has 0 saturated heterocycles. The molecule has 0 heterocycles. The Bertz CT molecular complexity index is 929. The van der Waals surface area contributed by atoms with E-state index in [9.17, 15) is 18.0 Å². The predicted octanol–water partition coefficient (Wildman–Crippen LogP) is 2.75. The Morgan fingerprint density at radius 3 is 2.33 bits per heavy atom. The molecule has 0 unspecified atom stereocenters. The maximum atomic E-state index is 12.5. The molecule has 0 spiro atoms. The summed E-state index contributed by atoms with van der Waals surface area (Å²) in [5.74, 6) is -1.06. The van der Waals surface area contributed by atoms with Gasteiger partial charge in [0.25, 0.3) is 0 Å². The zero-order valence-corrected chi connectivity index (χ0v) is 16.3. The molecule has 144 valence electrons. The highest BCUT2D eigenvalue weighted by atomic mass is 35.5. The molecule has 2 N–H and O–H groups in total. The number of carbonyl (C=O) groups is 2. The fraction of sp³-hybridized carbons (Fsp3) is 0.222. The van der Waals surface area contributed by atoms with Crippen LogP contribution >= 0.6 is 11.6 Å². The minimum absolute atomic E-state index is 0.176. The Hall–Kier alpha value is -2.42. The topological polar surface area (TPSA) is 102 Å². The third-order valence-electron chi connectivity index (χ3n) is 3.62. The van der Waals surface area contributed by atoms with Gasteiger partial charge in [-0.1, -0.05) is 35.9 Å². The summed E-state index contributed by atoms with van der Waals surface area (Å²) in [5.41, 5.74) is 1.07. The Balaban J connectivity index is 2.21. The van der Waals surface area contributed by atoms with Crippen LogP contribution in [0.25, 0.3) is 0 Å². The fourth-order valence-corrected chi connectivity index (χ4v) is 3.31. The summed E-state index contributed by atoms with van der Waals surface area (Å²) in [7, 11) is -2.32. The summed E-state index contributed by atoms with van der Waals surface area (Å²) in [6.45, 7) is 0. The van der Waals surface area contributed by atoms with Gasteiger partial charge in [-0.15, -0.1) is 0 Å². The van der Waals surface area contributed by atoms with Crippen molar-refractivity contribution in [3.05, 3.63) is 64.7 Å². The monoisotopic (exact) mass is 410 g/mol. The summed E-state index contributed by atoms with van der Waals surface area (Å²) in [6, 6.07) is 12.1. The molecule has 0 aliphatic rings. The molecule has 9 heteroatoms. The molecule has 2 rings (SSSR count). The molecular weight excluding hydrogens is 392 g/mol. The van der Waals surface area contributed by atoms with Crippen LogP contribution in [0.1, 0.15) is 28.4 Å². The molecule has 0 saturated carbocycles. The summed E-state index contributed by atoms with van der Waals surface area (Å²) >= 11 is 5.86. The lowest BCUT2D eigenvalue weighted by Crippen LogP contribution is -2.31. The first kappa shape index (κ1) is 20.9. The van der Waals surface area contributed by atoms with Gasteiger partial charge in [-0.2, -0.15) is 0 Å². The van der Waals surface area contributed by atoms with Gasteiger partial charge in [-0.3, -0.25) is 4.79 Å². The zero-order chi connectivity index (χ0) is 20.0. The van der Waals surface area contributed by atoms with E-state index in [1.165, 1.54) is 13.2 Å². The van der Waals surface area contributed by atoms with Crippen molar-refractivity contribution in [1.29, 1.82) is 0 Å². The quantitative estimate of drug-likeness (QED) is 0.683. The average molecular weight is 411 g/mol. The van der Waals surface area contributed by atoms with Gasteiger partial charge < -0.3 is 10.1 Å². The van der Waals surface area contributed by atoms with Crippen molar-refractivity contribution in [2.24, 2.45) is 0 Å². The molecule has 1 amide bonds. The first-order chi connectivity index (χ1) is 12.7. The third-order valence-corrected chi connectivity index (χ3v) is 4.59. The Morgan fingerprint density at radius 2 is 1.74 bits per heavy atom. The molecule has 0 aromatic heterocycles. The third kappa shape index (κ3) is 6.35. The highest BCUT2D eigenvalue weighted by Gasteiger charge is 2.21. The van der Waals surface area contributed by atoms with Crippen molar-refractivity contribution in [3.8, 4) is 0 Å². The number of nitrogens with one attached hydrogen (secondary N) is 2. The highest BCUT2D eigenvalue weighted by molar-refractivity contribution is 7.88. The van der Waals surface area contributed by atoms with Crippen LogP contribution in [0.3, 0.4) is 0 Å². The van der Waals surface area contributed by atoms with Crippen molar-refractivity contribution in [1.82, 2.24) is 4.72 Å². The molecule has 2 aromatic carbocycles. The fourth-order valence-electron chi connectivity index (χ4n) is 2.45. The predicted molar refractivity (Wildman–Crippen MR) is 103 cm³/mol. The number of esters is 1. The standard InChI is InChI=1S/C18H19ClN2O5S/c1-26-18(23)14-5-3-4-6-15(14)20-17(22)11-16(21-27(2,24)25)12-7-9-13(19)10-8-12/h3-10,16,21H,11H2,1-2H3,(H,20,22)/t16-/m0/s1. The SMILES string of the molecule is COC(=O)c1ccccc1NC(=O)C[C@H](NS(C)(=O)=O)c1ccc(Cl)cc1. The maximum absolute atomic E-state index is 12.5. The minimum Gasteiger partial charge on any atom is -0.465 e. The summed E-state index contributed by atoms with van der Waals surface area (Å²) in [4.78, 5) is 24.3. The van der Waals surface area contributed by atoms with Gasteiger partial charge in [-0.05, 0) is 29.8 Å². The molecule has 0 fully saturated rings. The van der Waals surface area contributed by atoms with E-state index in [-0.39, 0.29) is 17.7 Å². The first-order valence-corrected chi connectivity index (χ1v) is 10.2. The lowest BCUT2D eigenvalue weighted by atomic mass is 10.0. The number of carbonyl (C=O) groups excluding carboxylic acids is 2. The van der Waals surface area contributed by atoms with Crippen LogP contribution in [-0.4, -0.2) is 33.7 Å². The average Bonchev–Trinajstić information content (AvgIpc) is 2.60. The van der Waals surface area contributed by atoms with Gasteiger partial charge in [0.2, 0.25) is 15.9 Å². The highest BCUT2D eigenvalue weighted by Crippen LogP contribution is 2.22. The number of hydrogen-bond donors (Lipinski definition) is 2. The molecule has 27 heavy (non-hydrogen) atoms. The van der Waals surface area contributed by atoms with Crippen LogP contribution in [0.2, 0.25) is 5.02 Å². The van der Waals surface area contributed by atoms with E-state index in [1.807, 2.05) is 0 Å².